The average Bonchev–Trinajstić information content (AvgIpc) is 2.90. The summed E-state index contributed by atoms with van der Waals surface area (Å²) in [6, 6.07) is 14.1. The van der Waals surface area contributed by atoms with Gasteiger partial charge >= 0.3 is 17.9 Å². The van der Waals surface area contributed by atoms with E-state index in [9.17, 15) is 24.0 Å². The molecular weight excluding hydrogens is 492 g/mol. The highest BCUT2D eigenvalue weighted by Crippen LogP contribution is 2.22. The number of ketones is 1. The highest BCUT2D eigenvalue weighted by Gasteiger charge is 2.49. The van der Waals surface area contributed by atoms with Crippen LogP contribution < -0.4 is 10.6 Å². The van der Waals surface area contributed by atoms with Crippen molar-refractivity contribution >= 4 is 41.0 Å². The molecule has 38 heavy (non-hydrogen) atoms. The van der Waals surface area contributed by atoms with Crippen LogP contribution in [0.5, 0.6) is 0 Å². The SMILES string of the molecule is CCOC(=O)C(CCc1ccc(Nc2ccc(C(=O)COC(=O)CC)cc2)cc1)(NC(C)=O)C(=O)OCC. The van der Waals surface area contributed by atoms with E-state index in [4.69, 9.17) is 14.2 Å². The summed E-state index contributed by atoms with van der Waals surface area (Å²) in [4.78, 5) is 60.7. The van der Waals surface area contributed by atoms with Crippen LogP contribution >= 0.6 is 0 Å². The minimum Gasteiger partial charge on any atom is -0.464 e. The molecule has 10 heteroatoms. The number of aryl methyl sites for hydroxylation is 1. The number of anilines is 2. The first-order valence-electron chi connectivity index (χ1n) is 12.4. The average molecular weight is 527 g/mol. The lowest BCUT2D eigenvalue weighted by Gasteiger charge is -2.29. The molecular formula is C28H34N2O8. The second kappa shape index (κ2) is 14.5. The maximum atomic E-state index is 12.8. The van der Waals surface area contributed by atoms with E-state index in [1.165, 1.54) is 6.92 Å². The maximum Gasteiger partial charge on any atom is 0.343 e. The van der Waals surface area contributed by atoms with Gasteiger partial charge in [-0.3, -0.25) is 14.4 Å². The summed E-state index contributed by atoms with van der Waals surface area (Å²) in [5, 5.41) is 5.68. The molecule has 0 aliphatic carbocycles. The predicted molar refractivity (Wildman–Crippen MR) is 140 cm³/mol. The van der Waals surface area contributed by atoms with Gasteiger partial charge in [0.1, 0.15) is 0 Å². The second-order valence-electron chi connectivity index (χ2n) is 8.36. The lowest BCUT2D eigenvalue weighted by Crippen LogP contribution is -2.61. The predicted octanol–water partition coefficient (Wildman–Crippen LogP) is 3.50. The van der Waals surface area contributed by atoms with Crippen LogP contribution in [0.15, 0.2) is 48.5 Å². The van der Waals surface area contributed by atoms with E-state index in [0.717, 1.165) is 16.9 Å². The number of carbonyl (C=O) groups excluding carboxylic acids is 5. The van der Waals surface area contributed by atoms with Crippen molar-refractivity contribution in [2.45, 2.75) is 52.5 Å². The van der Waals surface area contributed by atoms with Crippen LogP contribution in [0.25, 0.3) is 0 Å². The van der Waals surface area contributed by atoms with Gasteiger partial charge in [0.2, 0.25) is 11.4 Å². The molecule has 0 saturated carbocycles. The van der Waals surface area contributed by atoms with Gasteiger partial charge in [0.25, 0.3) is 0 Å². The molecule has 0 heterocycles. The molecule has 0 fully saturated rings. The van der Waals surface area contributed by atoms with Crippen molar-refractivity contribution < 1.29 is 38.2 Å². The van der Waals surface area contributed by atoms with E-state index in [1.54, 1.807) is 45.0 Å². The number of nitrogens with one attached hydrogen (secondary N) is 2. The number of esters is 3. The summed E-state index contributed by atoms with van der Waals surface area (Å²) < 4.78 is 15.1. The minimum absolute atomic E-state index is 0.0416. The van der Waals surface area contributed by atoms with E-state index in [-0.39, 0.29) is 44.9 Å². The summed E-state index contributed by atoms with van der Waals surface area (Å²) in [7, 11) is 0. The van der Waals surface area contributed by atoms with Gasteiger partial charge < -0.3 is 24.8 Å². The molecule has 1 amide bonds. The van der Waals surface area contributed by atoms with Crippen LogP contribution in [0.3, 0.4) is 0 Å². The fourth-order valence-electron chi connectivity index (χ4n) is 3.59. The van der Waals surface area contributed by atoms with Crippen LogP contribution in [0.1, 0.15) is 56.5 Å². The Kier molecular flexibility index (Phi) is 11.5. The lowest BCUT2D eigenvalue weighted by atomic mass is 9.90. The Hall–Kier alpha value is -4.21. The van der Waals surface area contributed by atoms with Crippen LogP contribution in [-0.2, 0) is 39.8 Å². The molecule has 0 unspecified atom stereocenters. The molecule has 2 aromatic carbocycles. The van der Waals surface area contributed by atoms with Gasteiger partial charge in [-0.1, -0.05) is 19.1 Å². The van der Waals surface area contributed by atoms with Crippen molar-refractivity contribution in [2.75, 3.05) is 25.1 Å². The van der Waals surface area contributed by atoms with Gasteiger partial charge in [-0.05, 0) is 68.7 Å². The van der Waals surface area contributed by atoms with Crippen LogP contribution in [-0.4, -0.2) is 55.0 Å². The smallest absolute Gasteiger partial charge is 0.343 e. The molecule has 0 saturated heterocycles. The third-order valence-corrected chi connectivity index (χ3v) is 5.53. The molecule has 0 aliphatic heterocycles. The van der Waals surface area contributed by atoms with Crippen molar-refractivity contribution in [3.8, 4) is 0 Å². The fourth-order valence-corrected chi connectivity index (χ4v) is 3.59. The standard InChI is InChI=1S/C28H34N2O8/c1-5-25(33)38-18-24(32)21-10-14-23(15-11-21)29-22-12-8-20(9-13-22)16-17-28(30-19(4)31,26(34)36-6-2)27(35)37-7-3/h8-15,29H,5-7,16-18H2,1-4H3,(H,30,31). The van der Waals surface area contributed by atoms with Crippen LogP contribution in [0.4, 0.5) is 11.4 Å². The molecule has 0 aliphatic rings. The first-order chi connectivity index (χ1) is 18.1. The molecule has 0 spiro atoms. The molecule has 0 radical (unpaired) electrons. The number of hydrogen-bond acceptors (Lipinski definition) is 9. The minimum atomic E-state index is -1.94. The quantitative estimate of drug-likeness (QED) is 0.164. The normalized spacial score (nSPS) is 10.7. The zero-order chi connectivity index (χ0) is 28.1. The second-order valence-corrected chi connectivity index (χ2v) is 8.36. The monoisotopic (exact) mass is 526 g/mol. The molecule has 0 aromatic heterocycles. The number of amides is 1. The summed E-state index contributed by atoms with van der Waals surface area (Å²) in [6.45, 7) is 5.90. The van der Waals surface area contributed by atoms with Gasteiger partial charge in [-0.2, -0.15) is 0 Å². The van der Waals surface area contributed by atoms with Crippen LogP contribution in [0.2, 0.25) is 0 Å². The van der Waals surface area contributed by atoms with Crippen LogP contribution in [0, 0.1) is 0 Å². The summed E-state index contributed by atoms with van der Waals surface area (Å²) in [5.41, 5.74) is 0.827. The van der Waals surface area contributed by atoms with Gasteiger partial charge in [0, 0.05) is 30.3 Å². The molecule has 0 atom stereocenters. The summed E-state index contributed by atoms with van der Waals surface area (Å²) >= 11 is 0. The highest BCUT2D eigenvalue weighted by atomic mass is 16.6. The topological polar surface area (TPSA) is 137 Å². The van der Waals surface area contributed by atoms with Gasteiger partial charge in [0.15, 0.2) is 12.4 Å². The Labute approximate surface area is 222 Å². The van der Waals surface area contributed by atoms with E-state index < -0.39 is 29.4 Å². The number of rotatable bonds is 14. The van der Waals surface area contributed by atoms with E-state index in [0.29, 0.717) is 5.56 Å². The van der Waals surface area contributed by atoms with Gasteiger partial charge in [-0.15, -0.1) is 0 Å². The zero-order valence-corrected chi connectivity index (χ0v) is 22.1. The molecule has 2 rings (SSSR count). The Morgan fingerprint density at radius 3 is 1.76 bits per heavy atom. The maximum absolute atomic E-state index is 12.8. The number of hydrogen-bond donors (Lipinski definition) is 2. The Balaban J connectivity index is 2.08. The molecule has 204 valence electrons. The van der Waals surface area contributed by atoms with Crippen molar-refractivity contribution in [3.05, 3.63) is 59.7 Å². The fraction of sp³-hybridized carbons (Fsp3) is 0.393. The van der Waals surface area contributed by atoms with E-state index in [2.05, 4.69) is 10.6 Å². The number of benzene rings is 2. The summed E-state index contributed by atoms with van der Waals surface area (Å²) in [5.74, 6) is -3.00. The van der Waals surface area contributed by atoms with E-state index >= 15 is 0 Å². The van der Waals surface area contributed by atoms with Gasteiger partial charge in [0.05, 0.1) is 13.2 Å². The third kappa shape index (κ3) is 8.43. The van der Waals surface area contributed by atoms with Gasteiger partial charge in [-0.25, -0.2) is 9.59 Å². The van der Waals surface area contributed by atoms with Crippen molar-refractivity contribution in [2.24, 2.45) is 0 Å². The first-order valence-corrected chi connectivity index (χ1v) is 12.4. The largest absolute Gasteiger partial charge is 0.464 e. The Morgan fingerprint density at radius 1 is 0.763 bits per heavy atom. The van der Waals surface area contributed by atoms with Crippen molar-refractivity contribution in [3.63, 3.8) is 0 Å². The molecule has 2 N–H and O–H groups in total. The summed E-state index contributed by atoms with van der Waals surface area (Å²) in [6.07, 6.45) is 0.458. The molecule has 10 nitrogen and oxygen atoms in total. The van der Waals surface area contributed by atoms with E-state index in [1.807, 2.05) is 24.3 Å². The van der Waals surface area contributed by atoms with Crippen molar-refractivity contribution in [1.29, 1.82) is 0 Å². The first kappa shape index (κ1) is 30.0. The molecule has 0 bridgehead atoms. The molecule has 2 aromatic rings. The lowest BCUT2D eigenvalue weighted by molar-refractivity contribution is -0.168. The number of carbonyl (C=O) groups is 5. The Bertz CT molecular complexity index is 1110. The zero-order valence-electron chi connectivity index (χ0n) is 22.1. The highest BCUT2D eigenvalue weighted by molar-refractivity contribution is 6.07. The number of Topliss-reactive ketones (excluding diaryl/α,β-unsaturated/α-hetero) is 1. The third-order valence-electron chi connectivity index (χ3n) is 5.53. The Morgan fingerprint density at radius 2 is 1.29 bits per heavy atom. The van der Waals surface area contributed by atoms with Crippen molar-refractivity contribution in [1.82, 2.24) is 5.32 Å². The number of ether oxygens (including phenoxy) is 3.